The summed E-state index contributed by atoms with van der Waals surface area (Å²) in [5.74, 6) is 0.887. The molecule has 0 aliphatic carbocycles. The van der Waals surface area contributed by atoms with Crippen LogP contribution in [0, 0.1) is 6.92 Å². The number of thiazole rings is 1. The number of aromatic nitrogens is 1. The van der Waals surface area contributed by atoms with E-state index in [2.05, 4.69) is 51.4 Å². The number of hydrogen-bond acceptors (Lipinski definition) is 4. The number of rotatable bonds is 4. The van der Waals surface area contributed by atoms with Gasteiger partial charge in [0.2, 0.25) is 0 Å². The number of nitrogens with one attached hydrogen (secondary N) is 1. The second-order valence-corrected chi connectivity index (χ2v) is 6.56. The van der Waals surface area contributed by atoms with Crippen LogP contribution in [0.5, 0.6) is 5.75 Å². The lowest BCUT2D eigenvalue weighted by atomic mass is 10.2. The van der Waals surface area contributed by atoms with Crippen molar-refractivity contribution in [3.8, 4) is 5.75 Å². The van der Waals surface area contributed by atoms with Gasteiger partial charge in [-0.1, -0.05) is 33.3 Å². The zero-order valence-corrected chi connectivity index (χ0v) is 14.2. The van der Waals surface area contributed by atoms with Gasteiger partial charge in [0, 0.05) is 10.2 Å². The molecule has 0 amide bonds. The number of anilines is 2. The summed E-state index contributed by atoms with van der Waals surface area (Å²) in [5, 5.41) is 4.23. The van der Waals surface area contributed by atoms with Crippen LogP contribution >= 0.6 is 27.3 Å². The summed E-state index contributed by atoms with van der Waals surface area (Å²) in [7, 11) is 0. The molecule has 0 aliphatic heterocycles. The smallest absolute Gasteiger partial charge is 0.188 e. The summed E-state index contributed by atoms with van der Waals surface area (Å²) in [5.41, 5.74) is 3.22. The molecule has 0 fully saturated rings. The van der Waals surface area contributed by atoms with E-state index in [1.807, 2.05) is 25.1 Å². The van der Waals surface area contributed by atoms with E-state index in [1.165, 1.54) is 5.56 Å². The van der Waals surface area contributed by atoms with Crippen molar-refractivity contribution in [2.75, 3.05) is 11.9 Å². The third-order valence-electron chi connectivity index (χ3n) is 3.09. The lowest BCUT2D eigenvalue weighted by molar-refractivity contribution is 0.341. The van der Waals surface area contributed by atoms with Gasteiger partial charge >= 0.3 is 0 Å². The van der Waals surface area contributed by atoms with Crippen LogP contribution in [0.25, 0.3) is 10.2 Å². The molecule has 3 rings (SSSR count). The Kier molecular flexibility index (Phi) is 4.12. The molecule has 1 heterocycles. The third kappa shape index (κ3) is 3.19. The molecule has 0 aliphatic rings. The second kappa shape index (κ2) is 6.03. The number of aryl methyl sites for hydroxylation is 1. The Balaban J connectivity index is 1.88. The topological polar surface area (TPSA) is 34.1 Å². The Morgan fingerprint density at radius 3 is 2.86 bits per heavy atom. The highest BCUT2D eigenvalue weighted by atomic mass is 79.9. The van der Waals surface area contributed by atoms with Crippen molar-refractivity contribution >= 4 is 48.3 Å². The zero-order chi connectivity index (χ0) is 14.8. The van der Waals surface area contributed by atoms with Crippen LogP contribution in [0.1, 0.15) is 12.5 Å². The Bertz CT molecular complexity index is 785. The zero-order valence-electron chi connectivity index (χ0n) is 11.8. The number of nitrogens with zero attached hydrogens (tertiary/aromatic N) is 1. The van der Waals surface area contributed by atoms with Gasteiger partial charge in [0.25, 0.3) is 0 Å². The minimum absolute atomic E-state index is 0.673. The molecule has 2 aromatic carbocycles. The summed E-state index contributed by atoms with van der Waals surface area (Å²) >= 11 is 5.17. The van der Waals surface area contributed by atoms with E-state index in [4.69, 9.17) is 4.74 Å². The molecule has 1 aromatic heterocycles. The van der Waals surface area contributed by atoms with Crippen LogP contribution in [0.15, 0.2) is 40.9 Å². The van der Waals surface area contributed by atoms with Crippen molar-refractivity contribution < 1.29 is 4.74 Å². The molecular formula is C16H15BrN2OS. The van der Waals surface area contributed by atoms with Crippen molar-refractivity contribution in [1.29, 1.82) is 0 Å². The molecule has 0 atom stereocenters. The van der Waals surface area contributed by atoms with Crippen LogP contribution in [0.3, 0.4) is 0 Å². The van der Waals surface area contributed by atoms with Crippen LogP contribution in [0.4, 0.5) is 10.8 Å². The van der Waals surface area contributed by atoms with Crippen molar-refractivity contribution in [2.45, 2.75) is 13.8 Å². The molecule has 1 N–H and O–H groups in total. The normalized spacial score (nSPS) is 10.8. The van der Waals surface area contributed by atoms with Gasteiger partial charge in [-0.05, 0) is 49.7 Å². The fraction of sp³-hybridized carbons (Fsp3) is 0.188. The lowest BCUT2D eigenvalue weighted by Crippen LogP contribution is -1.90. The Hall–Kier alpha value is -1.59. The van der Waals surface area contributed by atoms with Gasteiger partial charge in [-0.3, -0.25) is 0 Å². The lowest BCUT2D eigenvalue weighted by Gasteiger charge is -2.04. The van der Waals surface area contributed by atoms with Gasteiger partial charge in [-0.15, -0.1) is 0 Å². The van der Waals surface area contributed by atoms with E-state index in [0.717, 1.165) is 31.3 Å². The van der Waals surface area contributed by atoms with Gasteiger partial charge in [0.05, 0.1) is 16.8 Å². The monoisotopic (exact) mass is 362 g/mol. The van der Waals surface area contributed by atoms with E-state index in [0.29, 0.717) is 6.61 Å². The van der Waals surface area contributed by atoms with Crippen LogP contribution < -0.4 is 10.1 Å². The molecule has 0 bridgehead atoms. The van der Waals surface area contributed by atoms with Crippen molar-refractivity contribution in [3.05, 3.63) is 46.4 Å². The first-order chi connectivity index (χ1) is 10.2. The number of fused-ring (bicyclic) bond motifs is 1. The fourth-order valence-electron chi connectivity index (χ4n) is 2.01. The maximum absolute atomic E-state index is 5.52. The average Bonchev–Trinajstić information content (AvgIpc) is 2.85. The minimum atomic E-state index is 0.673. The first-order valence-electron chi connectivity index (χ1n) is 6.72. The predicted octanol–water partition coefficient (Wildman–Crippen LogP) is 5.51. The van der Waals surface area contributed by atoms with Gasteiger partial charge in [0.1, 0.15) is 5.75 Å². The third-order valence-corrected chi connectivity index (χ3v) is 4.88. The highest BCUT2D eigenvalue weighted by Gasteiger charge is 2.06. The molecule has 21 heavy (non-hydrogen) atoms. The molecule has 3 nitrogen and oxygen atoms in total. The van der Waals surface area contributed by atoms with Gasteiger partial charge in [-0.25, -0.2) is 4.98 Å². The maximum Gasteiger partial charge on any atom is 0.188 e. The van der Waals surface area contributed by atoms with Gasteiger partial charge in [-0.2, -0.15) is 0 Å². The molecule has 0 spiro atoms. The molecule has 0 radical (unpaired) electrons. The highest BCUT2D eigenvalue weighted by molar-refractivity contribution is 9.10. The highest BCUT2D eigenvalue weighted by Crippen LogP contribution is 2.31. The largest absolute Gasteiger partial charge is 0.494 e. The number of hydrogen-bond donors (Lipinski definition) is 1. The van der Waals surface area contributed by atoms with Crippen molar-refractivity contribution in [3.63, 3.8) is 0 Å². The van der Waals surface area contributed by atoms with E-state index >= 15 is 0 Å². The Labute approximate surface area is 136 Å². The van der Waals surface area contributed by atoms with Crippen LogP contribution in [-0.2, 0) is 0 Å². The average molecular weight is 363 g/mol. The minimum Gasteiger partial charge on any atom is -0.494 e. The predicted molar refractivity (Wildman–Crippen MR) is 93.0 cm³/mol. The van der Waals surface area contributed by atoms with Crippen LogP contribution in [-0.4, -0.2) is 11.6 Å². The second-order valence-electron chi connectivity index (χ2n) is 4.67. The van der Waals surface area contributed by atoms with Crippen molar-refractivity contribution in [1.82, 2.24) is 4.98 Å². The first kappa shape index (κ1) is 14.4. The van der Waals surface area contributed by atoms with E-state index < -0.39 is 0 Å². The summed E-state index contributed by atoms with van der Waals surface area (Å²) in [6, 6.07) is 12.2. The maximum atomic E-state index is 5.52. The number of benzene rings is 2. The summed E-state index contributed by atoms with van der Waals surface area (Å²) < 4.78 is 7.73. The van der Waals surface area contributed by atoms with Crippen molar-refractivity contribution in [2.24, 2.45) is 0 Å². The first-order valence-corrected chi connectivity index (χ1v) is 8.33. The standard InChI is InChI=1S/C16H15BrN2OS/c1-3-20-12-6-7-14-15(9-12)21-16(19-14)18-11-5-4-10(2)13(17)8-11/h4-9H,3H2,1-2H3,(H,18,19). The summed E-state index contributed by atoms with van der Waals surface area (Å²) in [4.78, 5) is 4.60. The van der Waals surface area contributed by atoms with Crippen LogP contribution in [0.2, 0.25) is 0 Å². The molecular weight excluding hydrogens is 348 g/mol. The molecule has 0 saturated carbocycles. The number of halogens is 1. The summed E-state index contributed by atoms with van der Waals surface area (Å²) in [6.07, 6.45) is 0. The van der Waals surface area contributed by atoms with Gasteiger partial charge in [0.15, 0.2) is 5.13 Å². The summed E-state index contributed by atoms with van der Waals surface area (Å²) in [6.45, 7) is 4.73. The molecule has 0 unspecified atom stereocenters. The molecule has 0 saturated heterocycles. The van der Waals surface area contributed by atoms with E-state index in [1.54, 1.807) is 11.3 Å². The molecule has 5 heteroatoms. The van der Waals surface area contributed by atoms with E-state index in [-0.39, 0.29) is 0 Å². The quantitative estimate of drug-likeness (QED) is 0.664. The number of ether oxygens (including phenoxy) is 1. The SMILES string of the molecule is CCOc1ccc2nc(Nc3ccc(C)c(Br)c3)sc2c1. The fourth-order valence-corrected chi connectivity index (χ4v) is 3.30. The molecule has 108 valence electrons. The van der Waals surface area contributed by atoms with E-state index in [9.17, 15) is 0 Å². The molecule has 3 aromatic rings. The Morgan fingerprint density at radius 2 is 2.10 bits per heavy atom. The Morgan fingerprint density at radius 1 is 1.24 bits per heavy atom. The van der Waals surface area contributed by atoms with Gasteiger partial charge < -0.3 is 10.1 Å².